The molecule has 0 aliphatic rings. The van der Waals surface area contributed by atoms with E-state index >= 15 is 0 Å². The van der Waals surface area contributed by atoms with Crippen molar-refractivity contribution < 1.29 is 85.2 Å². The molecule has 3 unspecified atom stereocenters. The lowest BCUT2D eigenvalue weighted by Gasteiger charge is -2.35. The topological polar surface area (TPSA) is 326 Å². The van der Waals surface area contributed by atoms with Crippen molar-refractivity contribution in [2.24, 2.45) is 10.8 Å². The zero-order valence-electron chi connectivity index (χ0n) is 55.1. The van der Waals surface area contributed by atoms with Crippen LogP contribution >= 0.6 is 51.7 Å². The van der Waals surface area contributed by atoms with Crippen LogP contribution in [0.15, 0.2) is 0 Å². The smallest absolute Gasteiger partial charge is 0.335 e. The van der Waals surface area contributed by atoms with Crippen molar-refractivity contribution in [3.8, 4) is 0 Å². The van der Waals surface area contributed by atoms with Gasteiger partial charge in [0, 0.05) is 27.2 Å². The van der Waals surface area contributed by atoms with Gasteiger partial charge in [-0.3, -0.25) is 47.0 Å². The van der Waals surface area contributed by atoms with Crippen molar-refractivity contribution in [3.63, 3.8) is 0 Å². The highest BCUT2D eigenvalue weighted by atomic mass is 33.1. The minimum Gasteiger partial charge on any atom is -0.481 e. The van der Waals surface area contributed by atoms with Crippen LogP contribution in [0, 0.1) is 10.8 Å². The number of nitrogens with one attached hydrogen (secondary N) is 4. The quantitative estimate of drug-likeness (QED) is 0.0131. The Morgan fingerprint density at radius 3 is 1.18 bits per heavy atom. The number of esters is 2. The molecule has 0 fully saturated rings. The molecule has 7 atom stereocenters. The maximum Gasteiger partial charge on any atom is 0.335 e. The van der Waals surface area contributed by atoms with E-state index in [0.717, 1.165) is 5.75 Å². The van der Waals surface area contributed by atoms with Gasteiger partial charge in [-0.1, -0.05) is 143 Å². The molecule has 0 amide bonds. The van der Waals surface area contributed by atoms with Gasteiger partial charge in [0.2, 0.25) is 14.9 Å². The number of carboxylic acids is 2. The molecule has 0 rings (SSSR count). The van der Waals surface area contributed by atoms with Gasteiger partial charge in [-0.2, -0.15) is 0 Å². The third-order valence-corrected chi connectivity index (χ3v) is 26.1. The molecule has 0 saturated carbocycles. The normalized spacial score (nSPS) is 16.0. The van der Waals surface area contributed by atoms with Gasteiger partial charge in [0.05, 0.1) is 55.3 Å². The second-order valence-electron chi connectivity index (χ2n) is 24.9. The molecule has 0 aliphatic carbocycles. The minimum atomic E-state index is -3.59. The molecule has 83 heavy (non-hydrogen) atoms. The Balaban J connectivity index is -0.000000503. The molecule has 0 spiro atoms. The predicted molar refractivity (Wildman–Crippen MR) is 340 cm³/mol. The first-order valence-electron chi connectivity index (χ1n) is 28.7. The van der Waals surface area contributed by atoms with E-state index in [1.807, 2.05) is 10.8 Å². The summed E-state index contributed by atoms with van der Waals surface area (Å²) in [7, 11) is -9.87. The third kappa shape index (κ3) is 37.2. The summed E-state index contributed by atoms with van der Waals surface area (Å²) < 4.78 is 76.5. The number of hydrogen-bond acceptors (Lipinski definition) is 17. The van der Waals surface area contributed by atoms with Crippen molar-refractivity contribution in [2.75, 3.05) is 44.5 Å². The van der Waals surface area contributed by atoms with E-state index in [0.29, 0.717) is 6.61 Å². The highest BCUT2D eigenvalue weighted by Crippen LogP contribution is 2.61. The minimum absolute atomic E-state index is 0.0512. The van der Waals surface area contributed by atoms with Crippen LogP contribution in [0.3, 0.4) is 0 Å². The summed E-state index contributed by atoms with van der Waals surface area (Å²) in [6.07, 6.45) is 10.8. The number of Topliss-reactive ketones (excluding diaryl/α,β-unsaturated/α-hetero) is 2. The summed E-state index contributed by atoms with van der Waals surface area (Å²) in [6.45, 7) is 40.6. The van der Waals surface area contributed by atoms with Gasteiger partial charge < -0.3 is 38.2 Å². The molecule has 0 heterocycles. The van der Waals surface area contributed by atoms with Crippen molar-refractivity contribution in [3.05, 3.63) is 0 Å². The Hall–Kier alpha value is -1.48. The van der Waals surface area contributed by atoms with Crippen molar-refractivity contribution in [1.82, 2.24) is 20.3 Å². The zero-order valence-corrected chi connectivity index (χ0v) is 60.3. The summed E-state index contributed by atoms with van der Waals surface area (Å²) in [6, 6.07) is -3.07. The molecule has 22 nitrogen and oxygen atoms in total. The standard InChI is InChI=1S/C15H29O6P.C15H33O3PS2.C14H29N2O5P.C11H23N2O4P/c1-11(16)14(5,6)9-20-22(19,13(2,3)4)21-10-15(7,8)12(17)18;1-4-5-6-7-8-9-10-11-13-20-21-14-12-18-19(16,17)15(2)3;1-8-20-12(17)10(3)15-22(19,14(5,6)7)16-11(4)13(18)21-9-2;1-7(9(3)14)12-18(17,11(4,5)6)13-8(2)10(15)16/h9-10H2,1-8H3,(H,17,18);15H,4-14H2,1-3H3,(H,16,17);10-11H,8-9H2,1-7H3,(H2,15,16,19);7-8H,1-6H3,(H,15,16)(H2,12,13,17)/t;;10-,11-;7-,8-,18?/m..11/s1. The number of aliphatic carboxylic acids is 2. The molecule has 7 N–H and O–H groups in total. The number of carboxylic acid groups (broad SMARTS) is 2. The van der Waals surface area contributed by atoms with Gasteiger partial charge in [0.15, 0.2) is 0 Å². The molecule has 0 aliphatic heterocycles. The van der Waals surface area contributed by atoms with E-state index in [9.17, 15) is 51.9 Å². The van der Waals surface area contributed by atoms with Gasteiger partial charge in [-0.15, -0.1) is 0 Å². The van der Waals surface area contributed by atoms with Crippen LogP contribution < -0.4 is 20.3 Å². The Kier molecular flexibility index (Phi) is 43.4. The molecule has 28 heteroatoms. The molecule has 0 bridgehead atoms. The van der Waals surface area contributed by atoms with E-state index in [1.54, 1.807) is 135 Å². The van der Waals surface area contributed by atoms with Crippen LogP contribution in [0.2, 0.25) is 0 Å². The Labute approximate surface area is 508 Å². The lowest BCUT2D eigenvalue weighted by Crippen LogP contribution is -2.46. The van der Waals surface area contributed by atoms with Crippen molar-refractivity contribution in [2.45, 2.75) is 263 Å². The fraction of sp³-hybridized carbons (Fsp3) is 0.891. The Morgan fingerprint density at radius 1 is 0.494 bits per heavy atom. The number of ether oxygens (including phenoxy) is 2. The van der Waals surface area contributed by atoms with Crippen LogP contribution in [0.25, 0.3) is 0 Å². The van der Waals surface area contributed by atoms with Crippen LogP contribution in [0.5, 0.6) is 0 Å². The largest absolute Gasteiger partial charge is 0.481 e. The number of carbonyl (C=O) groups is 6. The van der Waals surface area contributed by atoms with Crippen LogP contribution in [-0.4, -0.2) is 140 Å². The van der Waals surface area contributed by atoms with E-state index in [-0.39, 0.29) is 43.7 Å². The average molecular weight is 1310 g/mol. The van der Waals surface area contributed by atoms with Gasteiger partial charge in [-0.25, -0.2) is 20.3 Å². The maximum atomic E-state index is 13.2. The number of rotatable bonds is 37. The first-order chi connectivity index (χ1) is 37.4. The van der Waals surface area contributed by atoms with Crippen LogP contribution in [0.4, 0.5) is 0 Å². The second-order valence-corrected chi connectivity index (χ2v) is 39.0. The monoisotopic (exact) mass is 1310 g/mol. The summed E-state index contributed by atoms with van der Waals surface area (Å²) in [5.41, 5.74) is -2.28. The van der Waals surface area contributed by atoms with Crippen molar-refractivity contribution >= 4 is 87.1 Å². The molecule has 494 valence electrons. The molecule has 0 aromatic heterocycles. The van der Waals surface area contributed by atoms with Crippen LogP contribution in [-0.2, 0) is 70.1 Å². The molecule has 0 aromatic rings. The van der Waals surface area contributed by atoms with E-state index in [4.69, 9.17) is 33.3 Å². The summed E-state index contributed by atoms with van der Waals surface area (Å²) >= 11 is 0. The van der Waals surface area contributed by atoms with Gasteiger partial charge in [-0.05, 0) is 96.4 Å². The average Bonchev–Trinajstić information content (AvgIpc) is 3.33. The predicted octanol–water partition coefficient (Wildman–Crippen LogP) is 13.5. The number of carbonyl (C=O) groups excluding carboxylic acids is 4. The van der Waals surface area contributed by atoms with E-state index < -0.39 is 104 Å². The van der Waals surface area contributed by atoms with E-state index in [1.165, 1.54) is 91.7 Å². The van der Waals surface area contributed by atoms with Gasteiger partial charge in [0.1, 0.15) is 29.7 Å². The van der Waals surface area contributed by atoms with Gasteiger partial charge >= 0.3 is 39.1 Å². The summed E-state index contributed by atoms with van der Waals surface area (Å²) in [5.74, 6) is -1.40. The first-order valence-corrected chi connectivity index (χ1v) is 37.8. The highest BCUT2D eigenvalue weighted by Gasteiger charge is 2.45. The van der Waals surface area contributed by atoms with Crippen molar-refractivity contribution in [1.29, 1.82) is 0 Å². The Morgan fingerprint density at radius 2 is 0.855 bits per heavy atom. The fourth-order valence-corrected chi connectivity index (χ4v) is 14.5. The van der Waals surface area contributed by atoms with Crippen LogP contribution in [0.1, 0.15) is 218 Å². The first kappa shape index (κ1) is 88.0. The highest BCUT2D eigenvalue weighted by molar-refractivity contribution is 8.76. The maximum absolute atomic E-state index is 13.2. The summed E-state index contributed by atoms with van der Waals surface area (Å²) in [5, 5.41) is 26.8. The third-order valence-electron chi connectivity index (χ3n) is 12.5. The number of ketones is 2. The molecular weight excluding hydrogens is 1190 g/mol. The molecule has 0 aromatic carbocycles. The van der Waals surface area contributed by atoms with E-state index in [2.05, 4.69) is 27.3 Å². The lowest BCUT2D eigenvalue weighted by atomic mass is 9.90. The molecular formula is C55H114N4O18P4S2. The number of hydrogen-bond donors (Lipinski definition) is 7. The summed E-state index contributed by atoms with van der Waals surface area (Å²) in [4.78, 5) is 77.8. The number of unbranched alkanes of at least 4 members (excludes halogenated alkanes) is 7. The SMILES string of the molecule is CC(=O)C(C)(C)COP(=O)(OCC(C)(C)C(=O)O)C(C)(C)C.CC(=O)[C@@H](C)NP(=O)(N[C@H](C)C(=O)O)C(C)(C)C.CCCCCCCCCCSSCCOP(=O)(O)C(C)C.CCOC(=O)[C@@H](C)NP(=O)(N[C@H](C)C(=O)OCC)C(C)(C)C. The fourth-order valence-electron chi connectivity index (χ4n) is 5.57. The lowest BCUT2D eigenvalue weighted by molar-refractivity contribution is -0.149. The molecule has 0 saturated heterocycles. The zero-order chi connectivity index (χ0) is 66.2. The molecule has 0 radical (unpaired) electrons. The second kappa shape index (κ2) is 40.9. The Bertz CT molecular complexity index is 2060. The van der Waals surface area contributed by atoms with Gasteiger partial charge in [0.25, 0.3) is 0 Å².